The van der Waals surface area contributed by atoms with E-state index in [0.29, 0.717) is 32.8 Å². The fraction of sp³-hybridized carbons (Fsp3) is 0.533. The third-order valence-electron chi connectivity index (χ3n) is 3.72. The lowest BCUT2D eigenvalue weighted by Gasteiger charge is -2.32. The molecule has 0 bridgehead atoms. The topological polar surface area (TPSA) is 58.8 Å². The molecule has 1 atom stereocenters. The van der Waals surface area contributed by atoms with Crippen molar-refractivity contribution >= 4 is 11.6 Å². The highest BCUT2D eigenvalue weighted by Gasteiger charge is 2.25. The van der Waals surface area contributed by atoms with Crippen molar-refractivity contribution in [1.82, 2.24) is 9.80 Å². The van der Waals surface area contributed by atoms with Crippen LogP contribution in [0.4, 0.5) is 5.69 Å². The fourth-order valence-corrected chi connectivity index (χ4v) is 2.35. The first kappa shape index (κ1) is 14.8. The summed E-state index contributed by atoms with van der Waals surface area (Å²) in [4.78, 5) is 16.3. The first-order valence-corrected chi connectivity index (χ1v) is 6.99. The molecule has 0 saturated carbocycles. The van der Waals surface area contributed by atoms with Gasteiger partial charge < -0.3 is 15.4 Å². The van der Waals surface area contributed by atoms with E-state index in [1.165, 1.54) is 0 Å². The maximum absolute atomic E-state index is 12.4. The van der Waals surface area contributed by atoms with Gasteiger partial charge in [-0.3, -0.25) is 9.69 Å². The molecule has 0 aromatic heterocycles. The summed E-state index contributed by atoms with van der Waals surface area (Å²) in [6.45, 7) is 5.31. The zero-order valence-corrected chi connectivity index (χ0v) is 12.2. The van der Waals surface area contributed by atoms with E-state index in [1.54, 1.807) is 0 Å². The number of ether oxygens (including phenoxy) is 1. The second-order valence-corrected chi connectivity index (χ2v) is 5.27. The normalized spacial score (nSPS) is 17.2. The largest absolute Gasteiger partial charge is 0.399 e. The van der Waals surface area contributed by atoms with E-state index in [0.717, 1.165) is 11.3 Å². The Hall–Kier alpha value is -1.59. The van der Waals surface area contributed by atoms with E-state index in [1.807, 2.05) is 48.0 Å². The third-order valence-corrected chi connectivity index (χ3v) is 3.72. The van der Waals surface area contributed by atoms with E-state index in [2.05, 4.69) is 0 Å². The van der Waals surface area contributed by atoms with Crippen molar-refractivity contribution in [2.45, 2.75) is 19.5 Å². The summed E-state index contributed by atoms with van der Waals surface area (Å²) in [5.74, 6) is 0.166. The van der Waals surface area contributed by atoms with E-state index in [-0.39, 0.29) is 11.9 Å². The molecule has 0 spiro atoms. The number of carbonyl (C=O) groups is 1. The Morgan fingerprint density at radius 1 is 1.45 bits per heavy atom. The van der Waals surface area contributed by atoms with Gasteiger partial charge in [0.2, 0.25) is 5.91 Å². The summed E-state index contributed by atoms with van der Waals surface area (Å²) in [7, 11) is 1.96. The monoisotopic (exact) mass is 277 g/mol. The molecule has 0 radical (unpaired) electrons. The van der Waals surface area contributed by atoms with Crippen LogP contribution >= 0.6 is 0 Å². The van der Waals surface area contributed by atoms with E-state index in [9.17, 15) is 4.79 Å². The van der Waals surface area contributed by atoms with Crippen LogP contribution in [-0.4, -0.2) is 55.1 Å². The Kier molecular flexibility index (Phi) is 4.98. The number of benzene rings is 1. The number of likely N-dealkylation sites (N-methyl/N-ethyl adjacent to an activating group) is 1. The summed E-state index contributed by atoms with van der Waals surface area (Å²) in [5, 5.41) is 0. The van der Waals surface area contributed by atoms with Gasteiger partial charge in [-0.1, -0.05) is 12.1 Å². The molecular weight excluding hydrogens is 254 g/mol. The van der Waals surface area contributed by atoms with Crippen LogP contribution < -0.4 is 5.73 Å². The van der Waals surface area contributed by atoms with Crippen molar-refractivity contribution in [1.29, 1.82) is 0 Å². The standard InChI is InChI=1S/C15H23N3O2/c1-12(15(19)18-6-8-20-9-7-18)17(2)11-13-4-3-5-14(16)10-13/h3-5,10,12H,6-9,11,16H2,1-2H3. The molecule has 1 heterocycles. The van der Waals surface area contributed by atoms with E-state index < -0.39 is 0 Å². The Morgan fingerprint density at radius 3 is 2.80 bits per heavy atom. The molecule has 1 saturated heterocycles. The van der Waals surface area contributed by atoms with Gasteiger partial charge in [0.05, 0.1) is 19.3 Å². The predicted molar refractivity (Wildman–Crippen MR) is 79.2 cm³/mol. The number of hydrogen-bond acceptors (Lipinski definition) is 4. The molecule has 1 aromatic rings. The molecule has 0 aliphatic carbocycles. The second-order valence-electron chi connectivity index (χ2n) is 5.27. The molecule has 1 aliphatic heterocycles. The number of amides is 1. The summed E-state index contributed by atoms with van der Waals surface area (Å²) < 4.78 is 5.28. The molecule has 1 unspecified atom stereocenters. The molecule has 2 N–H and O–H groups in total. The number of hydrogen-bond donors (Lipinski definition) is 1. The van der Waals surface area contributed by atoms with Gasteiger partial charge in [0.15, 0.2) is 0 Å². The van der Waals surface area contributed by atoms with Gasteiger partial charge in [-0.2, -0.15) is 0 Å². The zero-order chi connectivity index (χ0) is 14.5. The smallest absolute Gasteiger partial charge is 0.239 e. The molecule has 110 valence electrons. The maximum atomic E-state index is 12.4. The maximum Gasteiger partial charge on any atom is 0.239 e. The van der Waals surface area contributed by atoms with E-state index >= 15 is 0 Å². The van der Waals surface area contributed by atoms with Gasteiger partial charge in [0.25, 0.3) is 0 Å². The quantitative estimate of drug-likeness (QED) is 0.832. The molecule has 1 aromatic carbocycles. The van der Waals surface area contributed by atoms with Gasteiger partial charge >= 0.3 is 0 Å². The lowest BCUT2D eigenvalue weighted by Crippen LogP contribution is -2.49. The van der Waals surface area contributed by atoms with Crippen LogP contribution in [0.25, 0.3) is 0 Å². The van der Waals surface area contributed by atoms with E-state index in [4.69, 9.17) is 10.5 Å². The Labute approximate surface area is 120 Å². The van der Waals surface area contributed by atoms with Crippen molar-refractivity contribution in [3.8, 4) is 0 Å². The Balaban J connectivity index is 1.93. The van der Waals surface area contributed by atoms with Crippen LogP contribution in [0.1, 0.15) is 12.5 Å². The number of nitrogens with two attached hydrogens (primary N) is 1. The minimum Gasteiger partial charge on any atom is -0.399 e. The van der Waals surface area contributed by atoms with Crippen molar-refractivity contribution in [3.63, 3.8) is 0 Å². The highest BCUT2D eigenvalue weighted by molar-refractivity contribution is 5.81. The fourth-order valence-electron chi connectivity index (χ4n) is 2.35. The minimum atomic E-state index is -0.144. The average molecular weight is 277 g/mol. The number of nitrogens with zero attached hydrogens (tertiary/aromatic N) is 2. The van der Waals surface area contributed by atoms with Gasteiger partial charge in [0, 0.05) is 25.3 Å². The van der Waals surface area contributed by atoms with Crippen LogP contribution in [0.3, 0.4) is 0 Å². The number of anilines is 1. The molecule has 5 nitrogen and oxygen atoms in total. The van der Waals surface area contributed by atoms with Crippen LogP contribution in [0.5, 0.6) is 0 Å². The second kappa shape index (κ2) is 6.72. The SMILES string of the molecule is CC(C(=O)N1CCOCC1)N(C)Cc1cccc(N)c1. The van der Waals surface area contributed by atoms with Crippen LogP contribution in [-0.2, 0) is 16.1 Å². The molecule has 1 amide bonds. The number of rotatable bonds is 4. The molecule has 2 rings (SSSR count). The van der Waals surface area contributed by atoms with Crippen molar-refractivity contribution in [3.05, 3.63) is 29.8 Å². The van der Waals surface area contributed by atoms with Crippen LogP contribution in [0, 0.1) is 0 Å². The molecule has 5 heteroatoms. The summed E-state index contributed by atoms with van der Waals surface area (Å²) >= 11 is 0. The highest BCUT2D eigenvalue weighted by atomic mass is 16.5. The molecule has 20 heavy (non-hydrogen) atoms. The predicted octanol–water partition coefficient (Wildman–Crippen LogP) is 0.948. The number of morpholine rings is 1. The van der Waals surface area contributed by atoms with Crippen molar-refractivity contribution in [2.75, 3.05) is 39.1 Å². The lowest BCUT2D eigenvalue weighted by molar-refractivity contribution is -0.140. The summed E-state index contributed by atoms with van der Waals surface area (Å²) in [5.41, 5.74) is 7.65. The third kappa shape index (κ3) is 3.71. The van der Waals surface area contributed by atoms with Crippen molar-refractivity contribution < 1.29 is 9.53 Å². The molecule has 1 aliphatic rings. The zero-order valence-electron chi connectivity index (χ0n) is 12.2. The summed E-state index contributed by atoms with van der Waals surface area (Å²) in [6, 6.07) is 7.63. The van der Waals surface area contributed by atoms with Gasteiger partial charge in [-0.25, -0.2) is 0 Å². The minimum absolute atomic E-state index is 0.144. The average Bonchev–Trinajstić information content (AvgIpc) is 2.46. The number of carbonyl (C=O) groups excluding carboxylic acids is 1. The van der Waals surface area contributed by atoms with Gasteiger partial charge in [0.1, 0.15) is 0 Å². The van der Waals surface area contributed by atoms with Gasteiger partial charge in [-0.05, 0) is 31.7 Å². The highest BCUT2D eigenvalue weighted by Crippen LogP contribution is 2.12. The first-order chi connectivity index (χ1) is 9.58. The van der Waals surface area contributed by atoms with Crippen LogP contribution in [0.2, 0.25) is 0 Å². The molecular formula is C15H23N3O2. The summed E-state index contributed by atoms with van der Waals surface area (Å²) in [6.07, 6.45) is 0. The van der Waals surface area contributed by atoms with Gasteiger partial charge in [-0.15, -0.1) is 0 Å². The van der Waals surface area contributed by atoms with Crippen LogP contribution in [0.15, 0.2) is 24.3 Å². The van der Waals surface area contributed by atoms with Crippen molar-refractivity contribution in [2.24, 2.45) is 0 Å². The molecule has 1 fully saturated rings. The lowest BCUT2D eigenvalue weighted by atomic mass is 10.1. The Bertz CT molecular complexity index is 458. The number of nitrogen functional groups attached to an aromatic ring is 1. The Morgan fingerprint density at radius 2 is 2.15 bits per heavy atom. The first-order valence-electron chi connectivity index (χ1n) is 6.99.